The first-order valence-electron chi connectivity index (χ1n) is 7.80. The molecule has 2 rings (SSSR count). The van der Waals surface area contributed by atoms with Gasteiger partial charge in [0.25, 0.3) is 0 Å². The second-order valence-corrected chi connectivity index (χ2v) is 5.71. The normalized spacial score (nSPS) is 11.8. The van der Waals surface area contributed by atoms with Gasteiger partial charge < -0.3 is 4.74 Å². The highest BCUT2D eigenvalue weighted by Crippen LogP contribution is 2.41. The molecule has 0 fully saturated rings. The topological polar surface area (TPSA) is 56.8 Å². The van der Waals surface area contributed by atoms with Gasteiger partial charge in [0, 0.05) is 12.3 Å². The van der Waals surface area contributed by atoms with Crippen molar-refractivity contribution >= 4 is 0 Å². The smallest absolute Gasteiger partial charge is 0.154 e. The van der Waals surface area contributed by atoms with E-state index in [-0.39, 0.29) is 5.92 Å². The maximum atomic E-state index is 9.87. The molecule has 1 atom stereocenters. The van der Waals surface area contributed by atoms with Crippen molar-refractivity contribution in [1.82, 2.24) is 0 Å². The molecule has 0 heterocycles. The molecule has 0 spiro atoms. The van der Waals surface area contributed by atoms with Crippen LogP contribution in [0.3, 0.4) is 0 Å². The van der Waals surface area contributed by atoms with Gasteiger partial charge >= 0.3 is 0 Å². The summed E-state index contributed by atoms with van der Waals surface area (Å²) in [6.07, 6.45) is 2.70. The molecular weight excluding hydrogens is 296 g/mol. The SMILES string of the molecule is C=CCC(c1ccc(OC)cc1)C(C#N)(C#N)Cc1ccccc1. The molecule has 0 aliphatic rings. The summed E-state index contributed by atoms with van der Waals surface area (Å²) in [6.45, 7) is 3.81. The average Bonchev–Trinajstić information content (AvgIpc) is 2.65. The third-order valence-electron chi connectivity index (χ3n) is 4.24. The van der Waals surface area contributed by atoms with Gasteiger partial charge in [-0.3, -0.25) is 0 Å². The lowest BCUT2D eigenvalue weighted by atomic mass is 9.69. The van der Waals surface area contributed by atoms with Crippen LogP contribution in [0.1, 0.15) is 23.5 Å². The van der Waals surface area contributed by atoms with Crippen molar-refractivity contribution in [2.75, 3.05) is 7.11 Å². The summed E-state index contributed by atoms with van der Waals surface area (Å²) in [5, 5.41) is 19.7. The summed E-state index contributed by atoms with van der Waals surface area (Å²) in [7, 11) is 1.61. The second-order valence-electron chi connectivity index (χ2n) is 5.71. The van der Waals surface area contributed by atoms with Crippen LogP contribution in [0.15, 0.2) is 67.3 Å². The van der Waals surface area contributed by atoms with Crippen LogP contribution in [0, 0.1) is 28.1 Å². The molecule has 0 saturated heterocycles. The maximum absolute atomic E-state index is 9.87. The van der Waals surface area contributed by atoms with E-state index < -0.39 is 5.41 Å². The molecule has 2 aromatic rings. The molecule has 3 nitrogen and oxygen atoms in total. The van der Waals surface area contributed by atoms with Crippen molar-refractivity contribution in [3.63, 3.8) is 0 Å². The number of nitriles is 2. The van der Waals surface area contributed by atoms with Crippen molar-refractivity contribution in [3.05, 3.63) is 78.4 Å². The third kappa shape index (κ3) is 3.65. The fourth-order valence-electron chi connectivity index (χ4n) is 2.93. The van der Waals surface area contributed by atoms with Gasteiger partial charge in [-0.1, -0.05) is 48.5 Å². The molecule has 24 heavy (non-hydrogen) atoms. The first-order valence-corrected chi connectivity index (χ1v) is 7.80. The zero-order valence-corrected chi connectivity index (χ0v) is 13.8. The van der Waals surface area contributed by atoms with E-state index in [1.165, 1.54) is 0 Å². The number of allylic oxidation sites excluding steroid dienone is 1. The van der Waals surface area contributed by atoms with Crippen molar-refractivity contribution in [2.45, 2.75) is 18.8 Å². The van der Waals surface area contributed by atoms with Gasteiger partial charge in [0.05, 0.1) is 19.2 Å². The number of hydrogen-bond acceptors (Lipinski definition) is 3. The van der Waals surface area contributed by atoms with Crippen LogP contribution < -0.4 is 4.74 Å². The number of benzene rings is 2. The predicted molar refractivity (Wildman–Crippen MR) is 94.4 cm³/mol. The lowest BCUT2D eigenvalue weighted by molar-refractivity contribution is 0.403. The summed E-state index contributed by atoms with van der Waals surface area (Å²) >= 11 is 0. The van der Waals surface area contributed by atoms with Crippen LogP contribution in [0.4, 0.5) is 0 Å². The minimum Gasteiger partial charge on any atom is -0.497 e. The van der Waals surface area contributed by atoms with Crippen LogP contribution in [-0.2, 0) is 6.42 Å². The molecular formula is C21H20N2O. The Morgan fingerprint density at radius 3 is 2.21 bits per heavy atom. The zero-order valence-electron chi connectivity index (χ0n) is 13.8. The second kappa shape index (κ2) is 7.99. The van der Waals surface area contributed by atoms with Gasteiger partial charge in [-0.15, -0.1) is 6.58 Å². The van der Waals surface area contributed by atoms with Gasteiger partial charge in [-0.05, 0) is 29.7 Å². The Bertz CT molecular complexity index is 737. The summed E-state index contributed by atoms with van der Waals surface area (Å²) in [4.78, 5) is 0. The largest absolute Gasteiger partial charge is 0.497 e. The highest BCUT2D eigenvalue weighted by Gasteiger charge is 2.40. The monoisotopic (exact) mass is 316 g/mol. The highest BCUT2D eigenvalue weighted by molar-refractivity contribution is 5.37. The Labute approximate surface area is 143 Å². The fourth-order valence-corrected chi connectivity index (χ4v) is 2.93. The van der Waals surface area contributed by atoms with Crippen molar-refractivity contribution in [3.8, 4) is 17.9 Å². The first kappa shape index (κ1) is 17.3. The molecule has 1 unspecified atom stereocenters. The summed E-state index contributed by atoms with van der Waals surface area (Å²) < 4.78 is 5.19. The minimum absolute atomic E-state index is 0.254. The summed E-state index contributed by atoms with van der Waals surface area (Å²) in [6, 6.07) is 21.8. The number of ether oxygens (including phenoxy) is 1. The van der Waals surface area contributed by atoms with E-state index in [9.17, 15) is 10.5 Å². The predicted octanol–water partition coefficient (Wildman–Crippen LogP) is 4.63. The Balaban J connectivity index is 2.45. The van der Waals surface area contributed by atoms with Crippen molar-refractivity contribution < 1.29 is 4.74 Å². The lowest BCUT2D eigenvalue weighted by Gasteiger charge is -2.29. The van der Waals surface area contributed by atoms with E-state index in [4.69, 9.17) is 4.74 Å². The minimum atomic E-state index is -1.15. The Morgan fingerprint density at radius 2 is 1.71 bits per heavy atom. The van der Waals surface area contributed by atoms with Crippen molar-refractivity contribution in [2.24, 2.45) is 5.41 Å². The third-order valence-corrected chi connectivity index (χ3v) is 4.24. The Kier molecular flexibility index (Phi) is 5.77. The highest BCUT2D eigenvalue weighted by atomic mass is 16.5. The zero-order chi connectivity index (χ0) is 17.4. The lowest BCUT2D eigenvalue weighted by Crippen LogP contribution is -2.28. The van der Waals surface area contributed by atoms with E-state index in [2.05, 4.69) is 18.7 Å². The Hall–Kier alpha value is -3.04. The number of methoxy groups -OCH3 is 1. The molecule has 3 heteroatoms. The van der Waals surface area contributed by atoms with Gasteiger partial charge in [-0.2, -0.15) is 10.5 Å². The van der Waals surface area contributed by atoms with Crippen LogP contribution in [0.2, 0.25) is 0 Å². The van der Waals surface area contributed by atoms with Crippen LogP contribution in [0.25, 0.3) is 0 Å². The Morgan fingerprint density at radius 1 is 1.08 bits per heavy atom. The van der Waals surface area contributed by atoms with E-state index in [1.54, 1.807) is 13.2 Å². The fraction of sp³-hybridized carbons (Fsp3) is 0.238. The van der Waals surface area contributed by atoms with Gasteiger partial charge in [-0.25, -0.2) is 0 Å². The van der Waals surface area contributed by atoms with Gasteiger partial charge in [0.1, 0.15) is 5.75 Å². The average molecular weight is 316 g/mol. The molecule has 0 amide bonds. The first-order chi connectivity index (χ1) is 11.7. The molecule has 2 aromatic carbocycles. The molecule has 0 bridgehead atoms. The number of nitrogens with zero attached hydrogens (tertiary/aromatic N) is 2. The van der Waals surface area contributed by atoms with Gasteiger partial charge in [0.15, 0.2) is 5.41 Å². The number of rotatable bonds is 7. The molecule has 0 N–H and O–H groups in total. The molecule has 0 aliphatic carbocycles. The van der Waals surface area contributed by atoms with E-state index >= 15 is 0 Å². The molecule has 0 radical (unpaired) electrons. The molecule has 0 saturated carbocycles. The summed E-state index contributed by atoms with van der Waals surface area (Å²) in [5.74, 6) is 0.495. The van der Waals surface area contributed by atoms with Crippen LogP contribution in [0.5, 0.6) is 5.75 Å². The van der Waals surface area contributed by atoms with Crippen LogP contribution >= 0.6 is 0 Å². The van der Waals surface area contributed by atoms with Gasteiger partial charge in [0.2, 0.25) is 0 Å². The van der Waals surface area contributed by atoms with Crippen molar-refractivity contribution in [1.29, 1.82) is 10.5 Å². The van der Waals surface area contributed by atoms with E-state index in [0.29, 0.717) is 12.8 Å². The molecule has 0 aromatic heterocycles. The number of hydrogen-bond donors (Lipinski definition) is 0. The van der Waals surface area contributed by atoms with E-state index in [1.807, 2.05) is 54.6 Å². The molecule has 120 valence electrons. The standard InChI is InChI=1S/C21H20N2O/c1-3-7-20(18-10-12-19(24-2)13-11-18)21(15-22,16-23)14-17-8-5-4-6-9-17/h3-6,8-13,20H,1,7,14H2,2H3. The quantitative estimate of drug-likeness (QED) is 0.700. The maximum Gasteiger partial charge on any atom is 0.154 e. The van der Waals surface area contributed by atoms with E-state index in [0.717, 1.165) is 16.9 Å². The molecule has 0 aliphatic heterocycles. The van der Waals surface area contributed by atoms with Crippen LogP contribution in [-0.4, -0.2) is 7.11 Å². The summed E-state index contributed by atoms with van der Waals surface area (Å²) in [5.41, 5.74) is 0.766.